The van der Waals surface area contributed by atoms with E-state index in [1.807, 2.05) is 6.07 Å². The average molecular weight is 556 g/mol. The molecule has 1 aromatic carbocycles. The molecular weight excluding hydrogens is 513 g/mol. The predicted molar refractivity (Wildman–Crippen MR) is 148 cm³/mol. The molecule has 3 aliphatic heterocycles. The molecule has 1 N–H and O–H groups in total. The quantitative estimate of drug-likeness (QED) is 0.574. The van der Waals surface area contributed by atoms with Crippen LogP contribution in [0.4, 0.5) is 14.9 Å². The van der Waals surface area contributed by atoms with Crippen molar-refractivity contribution in [2.24, 2.45) is 5.92 Å². The summed E-state index contributed by atoms with van der Waals surface area (Å²) in [5.74, 6) is -0.710. The van der Waals surface area contributed by atoms with E-state index in [9.17, 15) is 14.9 Å². The number of piperidine rings is 1. The molecule has 1 aliphatic carbocycles. The number of carbonyl (C=O) groups is 2. The maximum Gasteiger partial charge on any atom is 0.411 e. The van der Waals surface area contributed by atoms with E-state index in [4.69, 9.17) is 9.47 Å². The first kappa shape index (κ1) is 28.6. The minimum atomic E-state index is -0.907. The van der Waals surface area contributed by atoms with Crippen LogP contribution in [0.25, 0.3) is 0 Å². The van der Waals surface area contributed by atoms with Crippen LogP contribution in [0, 0.1) is 23.1 Å². The number of fused-ring (bicyclic) bond motifs is 2. The molecule has 4 fully saturated rings. The number of carbonyl (C=O) groups excluding carboxylic acids is 2. The lowest BCUT2D eigenvalue weighted by Crippen LogP contribution is -2.55. The van der Waals surface area contributed by atoms with Crippen molar-refractivity contribution in [2.75, 3.05) is 44.3 Å². The smallest absolute Gasteiger partial charge is 0.411 e. The van der Waals surface area contributed by atoms with Gasteiger partial charge in [0.1, 0.15) is 23.5 Å². The number of likely N-dealkylation sites (tertiary alicyclic amines) is 1. The van der Waals surface area contributed by atoms with Crippen molar-refractivity contribution in [1.82, 2.24) is 15.1 Å². The number of hydrogen-bond donors (Lipinski definition) is 1. The first-order valence-corrected chi connectivity index (χ1v) is 14.7. The number of rotatable bonds is 6. The van der Waals surface area contributed by atoms with Crippen molar-refractivity contribution in [2.45, 2.75) is 89.1 Å². The van der Waals surface area contributed by atoms with Gasteiger partial charge in [-0.15, -0.1) is 0 Å². The van der Waals surface area contributed by atoms with Crippen LogP contribution in [0.1, 0.15) is 58.4 Å². The van der Waals surface area contributed by atoms with Crippen LogP contribution in [-0.4, -0.2) is 91.0 Å². The summed E-state index contributed by atoms with van der Waals surface area (Å²) in [6.07, 6.45) is 4.16. The number of nitriles is 1. The van der Waals surface area contributed by atoms with Gasteiger partial charge in [0.25, 0.3) is 0 Å². The maximum absolute atomic E-state index is 15.2. The summed E-state index contributed by atoms with van der Waals surface area (Å²) in [7, 11) is 0. The fourth-order valence-electron chi connectivity index (χ4n) is 6.80. The summed E-state index contributed by atoms with van der Waals surface area (Å²) in [5.41, 5.74) is 0.547. The SMILES string of the molecule is CC(C)(C)OC(=O)N1[C@@H]2CC[C@@H](C2)[C@H]1C(=O)N[C@H](C#N)Cc1ccc(N2CCN(C3CCOCC3)CC2)cc1F. The summed E-state index contributed by atoms with van der Waals surface area (Å²) in [5, 5.41) is 12.6. The van der Waals surface area contributed by atoms with E-state index in [2.05, 4.69) is 21.2 Å². The molecule has 0 unspecified atom stereocenters. The Bertz CT molecular complexity index is 1120. The maximum atomic E-state index is 15.2. The Kier molecular flexibility index (Phi) is 8.52. The second kappa shape index (κ2) is 11.9. The fraction of sp³-hybridized carbons (Fsp3) is 0.700. The molecule has 3 heterocycles. The molecule has 9 nitrogen and oxygen atoms in total. The number of nitrogens with one attached hydrogen (secondary N) is 1. The summed E-state index contributed by atoms with van der Waals surface area (Å²) >= 11 is 0. The van der Waals surface area contributed by atoms with Crippen LogP contribution in [0.2, 0.25) is 0 Å². The van der Waals surface area contributed by atoms with Crippen molar-refractivity contribution in [1.29, 1.82) is 5.26 Å². The van der Waals surface area contributed by atoms with Gasteiger partial charge in [0.05, 0.1) is 6.07 Å². The van der Waals surface area contributed by atoms with Gasteiger partial charge in [0.15, 0.2) is 0 Å². The van der Waals surface area contributed by atoms with Crippen LogP contribution in [0.15, 0.2) is 18.2 Å². The number of halogens is 1. The van der Waals surface area contributed by atoms with Crippen molar-refractivity contribution >= 4 is 17.7 Å². The largest absolute Gasteiger partial charge is 0.444 e. The van der Waals surface area contributed by atoms with Gasteiger partial charge in [-0.2, -0.15) is 5.26 Å². The second-order valence-corrected chi connectivity index (χ2v) is 12.6. The highest BCUT2D eigenvalue weighted by Crippen LogP contribution is 2.43. The van der Waals surface area contributed by atoms with Crippen LogP contribution < -0.4 is 10.2 Å². The molecule has 0 aromatic heterocycles. The molecule has 40 heavy (non-hydrogen) atoms. The standard InChI is InChI=1S/C30H42FN5O4/c1-30(2,3)40-29(38)36-25-7-5-21(17-25)27(36)28(37)33-22(19-32)16-20-4-6-24(18-26(20)31)35-12-10-34(11-13-35)23-8-14-39-15-9-23/h4,6,18,21-23,25,27H,5,7-17H2,1-3H3,(H,33,37)/t21-,22-,25+,27-/m0/s1. The molecule has 2 bridgehead atoms. The normalized spacial score (nSPS) is 26.4. The Morgan fingerprint density at radius 3 is 2.50 bits per heavy atom. The molecule has 218 valence electrons. The lowest BCUT2D eigenvalue weighted by molar-refractivity contribution is -0.128. The van der Waals surface area contributed by atoms with Crippen molar-refractivity contribution in [3.63, 3.8) is 0 Å². The van der Waals surface area contributed by atoms with Gasteiger partial charge in [-0.3, -0.25) is 14.6 Å². The predicted octanol–water partition coefficient (Wildman–Crippen LogP) is 3.47. The summed E-state index contributed by atoms with van der Waals surface area (Å²) < 4.78 is 26.3. The third kappa shape index (κ3) is 6.36. The summed E-state index contributed by atoms with van der Waals surface area (Å²) in [4.78, 5) is 32.5. The number of anilines is 1. The topological polar surface area (TPSA) is 98.1 Å². The Hall–Kier alpha value is -2.90. The van der Waals surface area contributed by atoms with Crippen LogP contribution >= 0.6 is 0 Å². The Morgan fingerprint density at radius 1 is 1.12 bits per heavy atom. The van der Waals surface area contributed by atoms with Gasteiger partial charge in [-0.05, 0) is 76.5 Å². The Morgan fingerprint density at radius 2 is 1.85 bits per heavy atom. The summed E-state index contributed by atoms with van der Waals surface area (Å²) in [6, 6.07) is 6.24. The van der Waals surface area contributed by atoms with Crippen molar-refractivity contribution < 1.29 is 23.5 Å². The van der Waals surface area contributed by atoms with E-state index < -0.39 is 23.8 Å². The number of amides is 2. The monoisotopic (exact) mass is 555 g/mol. The first-order valence-electron chi connectivity index (χ1n) is 14.7. The average Bonchev–Trinajstić information content (AvgIpc) is 3.55. The first-order chi connectivity index (χ1) is 19.1. The molecular formula is C30H42FN5O4. The Labute approximate surface area is 236 Å². The van der Waals surface area contributed by atoms with Gasteiger partial charge < -0.3 is 19.7 Å². The van der Waals surface area contributed by atoms with Gasteiger partial charge >= 0.3 is 6.09 Å². The minimum Gasteiger partial charge on any atom is -0.444 e. The van der Waals surface area contributed by atoms with Gasteiger partial charge in [-0.1, -0.05) is 6.07 Å². The summed E-state index contributed by atoms with van der Waals surface area (Å²) in [6.45, 7) is 10.6. The number of ether oxygens (including phenoxy) is 2. The number of hydrogen-bond acceptors (Lipinski definition) is 7. The highest BCUT2D eigenvalue weighted by Gasteiger charge is 2.52. The van der Waals surface area contributed by atoms with Gasteiger partial charge in [0.2, 0.25) is 5.91 Å². The van der Waals surface area contributed by atoms with E-state index in [0.29, 0.717) is 11.6 Å². The lowest BCUT2D eigenvalue weighted by Gasteiger charge is -2.41. The molecule has 0 spiro atoms. The van der Waals surface area contributed by atoms with Crippen molar-refractivity contribution in [3.05, 3.63) is 29.6 Å². The second-order valence-electron chi connectivity index (χ2n) is 12.6. The van der Waals surface area contributed by atoms with E-state index >= 15 is 4.39 Å². The molecule has 2 amide bonds. The lowest BCUT2D eigenvalue weighted by atomic mass is 9.97. The van der Waals surface area contributed by atoms with Crippen LogP contribution in [0.3, 0.4) is 0 Å². The highest BCUT2D eigenvalue weighted by molar-refractivity contribution is 5.87. The molecule has 4 aliphatic rings. The fourth-order valence-corrected chi connectivity index (χ4v) is 6.80. The van der Waals surface area contributed by atoms with Crippen LogP contribution in [-0.2, 0) is 20.7 Å². The van der Waals surface area contributed by atoms with E-state index in [1.165, 1.54) is 6.07 Å². The molecule has 3 saturated heterocycles. The van der Waals surface area contributed by atoms with E-state index in [0.717, 1.165) is 77.2 Å². The molecule has 5 rings (SSSR count). The molecule has 1 aromatic rings. The molecule has 1 saturated carbocycles. The minimum absolute atomic E-state index is 0.0281. The Balaban J connectivity index is 1.18. The van der Waals surface area contributed by atoms with Gasteiger partial charge in [-0.25, -0.2) is 9.18 Å². The molecule has 0 radical (unpaired) electrons. The zero-order valence-corrected chi connectivity index (χ0v) is 23.9. The van der Waals surface area contributed by atoms with Crippen molar-refractivity contribution in [3.8, 4) is 6.07 Å². The zero-order chi connectivity index (χ0) is 28.4. The highest BCUT2D eigenvalue weighted by atomic mass is 19.1. The third-order valence-corrected chi connectivity index (χ3v) is 8.78. The third-order valence-electron chi connectivity index (χ3n) is 8.78. The van der Waals surface area contributed by atoms with Gasteiger partial charge in [0, 0.05) is 63.6 Å². The van der Waals surface area contributed by atoms with E-state index in [-0.39, 0.29) is 30.1 Å². The molecule has 4 atom stereocenters. The zero-order valence-electron chi connectivity index (χ0n) is 23.9. The van der Waals surface area contributed by atoms with Crippen LogP contribution in [0.5, 0.6) is 0 Å². The number of nitrogens with zero attached hydrogens (tertiary/aromatic N) is 4. The van der Waals surface area contributed by atoms with E-state index in [1.54, 1.807) is 31.7 Å². The number of piperazine rings is 1. The molecule has 10 heteroatoms. The number of benzene rings is 1.